The van der Waals surface area contributed by atoms with Crippen molar-refractivity contribution in [2.24, 2.45) is 5.73 Å². The molecule has 0 fully saturated rings. The van der Waals surface area contributed by atoms with E-state index < -0.39 is 6.04 Å². The van der Waals surface area contributed by atoms with Gasteiger partial charge in [-0.15, -0.1) is 0 Å². The van der Waals surface area contributed by atoms with E-state index in [0.29, 0.717) is 0 Å². The van der Waals surface area contributed by atoms with E-state index >= 15 is 0 Å². The first-order valence-electron chi connectivity index (χ1n) is 5.22. The monoisotopic (exact) mass is 217 g/mol. The Morgan fingerprint density at radius 1 is 1.44 bits per heavy atom. The summed E-state index contributed by atoms with van der Waals surface area (Å²) >= 11 is 0. The quantitative estimate of drug-likeness (QED) is 0.815. The summed E-state index contributed by atoms with van der Waals surface area (Å²) in [6.45, 7) is 3.78. The second kappa shape index (κ2) is 3.89. The third-order valence-corrected chi connectivity index (χ3v) is 2.67. The topological polar surface area (TPSA) is 60.1 Å². The van der Waals surface area contributed by atoms with Gasteiger partial charge in [-0.2, -0.15) is 0 Å². The molecular formula is C12H15N3O. The Labute approximate surface area is 94.0 Å². The summed E-state index contributed by atoms with van der Waals surface area (Å²) in [5.41, 5.74) is 10.5. The van der Waals surface area contributed by atoms with Crippen LogP contribution < -0.4 is 11.2 Å². The van der Waals surface area contributed by atoms with Crippen LogP contribution in [-0.2, 0) is 4.79 Å². The zero-order valence-corrected chi connectivity index (χ0v) is 9.40. The number of primary amides is 1. The molecule has 0 spiro atoms. The zero-order chi connectivity index (χ0) is 11.7. The molecule has 0 aliphatic rings. The highest BCUT2D eigenvalue weighted by molar-refractivity contribution is 5.85. The number of rotatable bonds is 3. The minimum atomic E-state index is -0.393. The summed E-state index contributed by atoms with van der Waals surface area (Å²) in [4.78, 5) is 11.0. The molecule has 84 valence electrons. The van der Waals surface area contributed by atoms with Crippen molar-refractivity contribution >= 4 is 16.8 Å². The highest BCUT2D eigenvalue weighted by Gasteiger charge is 2.10. The summed E-state index contributed by atoms with van der Waals surface area (Å²) in [6, 6.07) is 7.63. The molecule has 0 radical (unpaired) electrons. The van der Waals surface area contributed by atoms with Gasteiger partial charge >= 0.3 is 0 Å². The van der Waals surface area contributed by atoms with E-state index in [0.717, 1.165) is 5.52 Å². The van der Waals surface area contributed by atoms with Gasteiger partial charge in [0.2, 0.25) is 5.91 Å². The van der Waals surface area contributed by atoms with E-state index in [1.165, 1.54) is 10.9 Å². The average Bonchev–Trinajstić information content (AvgIpc) is 2.57. The number of nitrogens with one attached hydrogen (secondary N) is 1. The van der Waals surface area contributed by atoms with Crippen LogP contribution in [0.4, 0.5) is 0 Å². The number of aryl methyl sites for hydroxylation is 1. The van der Waals surface area contributed by atoms with Gasteiger partial charge in [0.05, 0.1) is 5.52 Å². The Bertz CT molecular complexity index is 530. The van der Waals surface area contributed by atoms with Crippen molar-refractivity contribution in [2.75, 3.05) is 5.43 Å². The summed E-state index contributed by atoms with van der Waals surface area (Å²) in [5, 5.41) is 1.17. The SMILES string of the molecule is Cc1cn(NC(C)C(N)=O)c2ccccc12. The van der Waals surface area contributed by atoms with Crippen LogP contribution in [0.25, 0.3) is 10.9 Å². The molecule has 1 heterocycles. The predicted octanol–water partition coefficient (Wildman–Crippen LogP) is 1.37. The third kappa shape index (κ3) is 1.74. The van der Waals surface area contributed by atoms with Crippen LogP contribution in [0.1, 0.15) is 12.5 Å². The van der Waals surface area contributed by atoms with Crippen LogP contribution in [0.2, 0.25) is 0 Å². The first-order chi connectivity index (χ1) is 7.59. The molecule has 3 N–H and O–H groups in total. The Balaban J connectivity index is 2.42. The van der Waals surface area contributed by atoms with Gasteiger partial charge in [-0.05, 0) is 25.5 Å². The van der Waals surface area contributed by atoms with E-state index in [-0.39, 0.29) is 5.91 Å². The first kappa shape index (κ1) is 10.5. The average molecular weight is 217 g/mol. The van der Waals surface area contributed by atoms with Crippen molar-refractivity contribution in [2.45, 2.75) is 19.9 Å². The van der Waals surface area contributed by atoms with E-state index in [2.05, 4.69) is 11.5 Å². The highest BCUT2D eigenvalue weighted by Crippen LogP contribution is 2.19. The van der Waals surface area contributed by atoms with Crippen LogP contribution in [0.15, 0.2) is 30.5 Å². The largest absolute Gasteiger partial charge is 0.368 e. The molecule has 0 aliphatic heterocycles. The molecule has 1 amide bonds. The number of para-hydroxylation sites is 1. The Kier molecular flexibility index (Phi) is 2.56. The molecule has 16 heavy (non-hydrogen) atoms. The first-order valence-corrected chi connectivity index (χ1v) is 5.22. The maximum atomic E-state index is 11.0. The van der Waals surface area contributed by atoms with Crippen LogP contribution >= 0.6 is 0 Å². The molecule has 2 rings (SSSR count). The van der Waals surface area contributed by atoms with Crippen LogP contribution in [0, 0.1) is 6.92 Å². The minimum Gasteiger partial charge on any atom is -0.368 e. The fourth-order valence-electron chi connectivity index (χ4n) is 1.73. The molecule has 1 atom stereocenters. The second-order valence-electron chi connectivity index (χ2n) is 3.95. The Hall–Kier alpha value is -1.97. The number of carbonyl (C=O) groups is 1. The lowest BCUT2D eigenvalue weighted by atomic mass is 10.2. The molecule has 1 unspecified atom stereocenters. The standard InChI is InChI=1S/C12H15N3O/c1-8-7-15(14-9(2)12(13)16)11-6-4-3-5-10(8)11/h3-7,9,14H,1-2H3,(H2,13,16). The van der Waals surface area contributed by atoms with E-state index in [4.69, 9.17) is 5.73 Å². The number of benzene rings is 1. The number of amides is 1. The normalized spacial score (nSPS) is 12.6. The number of nitrogens with two attached hydrogens (primary N) is 1. The summed E-state index contributed by atoms with van der Waals surface area (Å²) in [5.74, 6) is -0.365. The van der Waals surface area contributed by atoms with E-state index in [9.17, 15) is 4.79 Å². The van der Waals surface area contributed by atoms with Gasteiger partial charge in [0.1, 0.15) is 6.04 Å². The maximum Gasteiger partial charge on any atom is 0.241 e. The number of aromatic nitrogens is 1. The van der Waals surface area contributed by atoms with Crippen LogP contribution in [0.3, 0.4) is 0 Å². The second-order valence-corrected chi connectivity index (χ2v) is 3.95. The molecule has 1 aromatic carbocycles. The van der Waals surface area contributed by atoms with Crippen LogP contribution in [0.5, 0.6) is 0 Å². The summed E-state index contributed by atoms with van der Waals surface area (Å²) in [7, 11) is 0. The van der Waals surface area contributed by atoms with Crippen LogP contribution in [-0.4, -0.2) is 16.6 Å². The fourth-order valence-corrected chi connectivity index (χ4v) is 1.73. The molecule has 1 aromatic heterocycles. The number of hydrogen-bond acceptors (Lipinski definition) is 2. The van der Waals surface area contributed by atoms with Crippen molar-refractivity contribution in [1.29, 1.82) is 0 Å². The molecule has 4 nitrogen and oxygen atoms in total. The number of carbonyl (C=O) groups excluding carboxylic acids is 1. The summed E-state index contributed by atoms with van der Waals surface area (Å²) < 4.78 is 1.85. The van der Waals surface area contributed by atoms with Crippen molar-refractivity contribution in [3.8, 4) is 0 Å². The Morgan fingerprint density at radius 3 is 2.81 bits per heavy atom. The fraction of sp³-hybridized carbons (Fsp3) is 0.250. The number of fused-ring (bicyclic) bond motifs is 1. The molecule has 2 aromatic rings. The Morgan fingerprint density at radius 2 is 2.12 bits per heavy atom. The van der Waals surface area contributed by atoms with Gasteiger partial charge in [0.25, 0.3) is 0 Å². The lowest BCUT2D eigenvalue weighted by Crippen LogP contribution is -2.36. The maximum absolute atomic E-state index is 11.0. The van der Waals surface area contributed by atoms with E-state index in [1.807, 2.05) is 36.0 Å². The van der Waals surface area contributed by atoms with Crippen molar-refractivity contribution in [1.82, 2.24) is 4.68 Å². The molecule has 4 heteroatoms. The lowest BCUT2D eigenvalue weighted by Gasteiger charge is -2.13. The van der Waals surface area contributed by atoms with Gasteiger partial charge < -0.3 is 11.2 Å². The van der Waals surface area contributed by atoms with Gasteiger partial charge in [-0.25, -0.2) is 0 Å². The molecule has 0 saturated heterocycles. The molecule has 0 saturated carbocycles. The van der Waals surface area contributed by atoms with Crippen molar-refractivity contribution in [3.63, 3.8) is 0 Å². The smallest absolute Gasteiger partial charge is 0.241 e. The van der Waals surface area contributed by atoms with Gasteiger partial charge in [-0.3, -0.25) is 9.47 Å². The zero-order valence-electron chi connectivity index (χ0n) is 9.40. The number of hydrogen-bond donors (Lipinski definition) is 2. The minimum absolute atomic E-state index is 0.365. The lowest BCUT2D eigenvalue weighted by molar-refractivity contribution is -0.118. The van der Waals surface area contributed by atoms with Gasteiger partial charge in [0, 0.05) is 11.6 Å². The predicted molar refractivity (Wildman–Crippen MR) is 64.7 cm³/mol. The molecule has 0 bridgehead atoms. The summed E-state index contributed by atoms with van der Waals surface area (Å²) in [6.07, 6.45) is 1.96. The van der Waals surface area contributed by atoms with Crippen molar-refractivity contribution in [3.05, 3.63) is 36.0 Å². The highest BCUT2D eigenvalue weighted by atomic mass is 16.1. The third-order valence-electron chi connectivity index (χ3n) is 2.67. The molecule has 0 aliphatic carbocycles. The van der Waals surface area contributed by atoms with Crippen molar-refractivity contribution < 1.29 is 4.79 Å². The van der Waals surface area contributed by atoms with E-state index in [1.54, 1.807) is 6.92 Å². The molecular weight excluding hydrogens is 202 g/mol. The van der Waals surface area contributed by atoms with Gasteiger partial charge in [0.15, 0.2) is 0 Å². The number of nitrogens with zero attached hydrogens (tertiary/aromatic N) is 1. The van der Waals surface area contributed by atoms with Gasteiger partial charge in [-0.1, -0.05) is 18.2 Å².